The van der Waals surface area contributed by atoms with Gasteiger partial charge in [-0.15, -0.1) is 0 Å². The minimum Gasteiger partial charge on any atom is -0.492 e. The second-order valence-electron chi connectivity index (χ2n) is 9.96. The topological polar surface area (TPSA) is 82.0 Å². The number of fused-ring (bicyclic) bond motifs is 3. The normalized spacial score (nSPS) is 29.9. The smallest absolute Gasteiger partial charge is 0.119 e. The fourth-order valence-corrected chi connectivity index (χ4v) is 6.22. The van der Waals surface area contributed by atoms with Gasteiger partial charge in [0, 0.05) is 18.6 Å². The van der Waals surface area contributed by atoms with Gasteiger partial charge in [0.25, 0.3) is 0 Å². The van der Waals surface area contributed by atoms with E-state index in [0.29, 0.717) is 25.4 Å². The minimum absolute atomic E-state index is 0.125. The summed E-state index contributed by atoms with van der Waals surface area (Å²) in [4.78, 5) is 0. The van der Waals surface area contributed by atoms with E-state index < -0.39 is 11.2 Å². The molecule has 1 fully saturated rings. The van der Waals surface area contributed by atoms with Gasteiger partial charge in [-0.2, -0.15) is 0 Å². The zero-order chi connectivity index (χ0) is 24.8. The Bertz CT molecular complexity index is 916. The molecule has 2 aromatic rings. The fraction of sp³-hybridized carbons (Fsp3) is 0.586. The Hall–Kier alpha value is -1.92. The van der Waals surface area contributed by atoms with Crippen molar-refractivity contribution in [2.45, 2.75) is 76.4 Å². The molecule has 1 saturated carbocycles. The zero-order valence-corrected chi connectivity index (χ0v) is 21.3. The highest BCUT2D eigenvalue weighted by atomic mass is 16.5. The molecule has 2 aromatic carbocycles. The molecule has 5 heteroatoms. The molecule has 0 spiro atoms. The summed E-state index contributed by atoms with van der Waals surface area (Å²) in [6.45, 7) is 10.5. The molecular formula is C29H43NO4. The van der Waals surface area contributed by atoms with Gasteiger partial charge in [-0.25, -0.2) is 0 Å². The molecule has 5 nitrogen and oxygen atoms in total. The van der Waals surface area contributed by atoms with E-state index in [2.05, 4.69) is 37.4 Å². The zero-order valence-electron chi connectivity index (χ0n) is 21.3. The van der Waals surface area contributed by atoms with Gasteiger partial charge in [0.15, 0.2) is 0 Å². The summed E-state index contributed by atoms with van der Waals surface area (Å²) in [5.74, 6) is 1.25. The van der Waals surface area contributed by atoms with E-state index in [1.807, 2.05) is 37.3 Å². The lowest BCUT2D eigenvalue weighted by Gasteiger charge is -2.59. The van der Waals surface area contributed by atoms with E-state index in [4.69, 9.17) is 9.84 Å². The summed E-state index contributed by atoms with van der Waals surface area (Å²) in [6, 6.07) is 16.2. The summed E-state index contributed by atoms with van der Waals surface area (Å²) in [5.41, 5.74) is 0.919. The van der Waals surface area contributed by atoms with Crippen LogP contribution in [-0.4, -0.2) is 47.2 Å². The predicted octanol–water partition coefficient (Wildman–Crippen LogP) is 4.32. The number of aliphatic hydroxyl groups excluding tert-OH is 1. The standard InChI is InChI=1S/C27H37NO3.C2H6O/c1-4-26-19-25(3,29)27(30,21-9-7-6-8-10-21)18-22(26)12-11-20-17-23(13-14-24(20)26)31-16-15-28-5-2;1-2-3/h6-10,13-14,17,22,28-30H,4-5,11-12,15-16,18-19H2,1-3H3;3H,2H2,1H3/t22?,25-,26?,27?;/m1./s1. The largest absolute Gasteiger partial charge is 0.492 e. The molecule has 0 bridgehead atoms. The predicted molar refractivity (Wildman–Crippen MR) is 137 cm³/mol. The Balaban J connectivity index is 0.00000103. The molecule has 188 valence electrons. The molecule has 4 rings (SSSR count). The Morgan fingerprint density at radius 1 is 1.06 bits per heavy atom. The van der Waals surface area contributed by atoms with Crippen molar-refractivity contribution >= 4 is 0 Å². The molecule has 2 aliphatic carbocycles. The molecule has 0 aliphatic heterocycles. The van der Waals surface area contributed by atoms with Crippen molar-refractivity contribution < 1.29 is 20.1 Å². The van der Waals surface area contributed by atoms with Crippen LogP contribution in [0.5, 0.6) is 5.75 Å². The van der Waals surface area contributed by atoms with Gasteiger partial charge in [0.1, 0.15) is 18.0 Å². The number of ether oxygens (including phenoxy) is 1. The third-order valence-corrected chi connectivity index (χ3v) is 7.93. The van der Waals surface area contributed by atoms with E-state index in [1.165, 1.54) is 11.1 Å². The Labute approximate surface area is 205 Å². The maximum Gasteiger partial charge on any atom is 0.119 e. The summed E-state index contributed by atoms with van der Waals surface area (Å²) in [6.07, 6.45) is 4.09. The van der Waals surface area contributed by atoms with E-state index in [1.54, 1.807) is 6.92 Å². The monoisotopic (exact) mass is 469 g/mol. The quantitative estimate of drug-likeness (QED) is 0.454. The molecule has 0 radical (unpaired) electrons. The van der Waals surface area contributed by atoms with Crippen molar-refractivity contribution in [2.24, 2.45) is 5.92 Å². The van der Waals surface area contributed by atoms with Gasteiger partial charge in [-0.05, 0) is 87.2 Å². The highest BCUT2D eigenvalue weighted by molar-refractivity contribution is 5.45. The average molecular weight is 470 g/mol. The first-order valence-electron chi connectivity index (χ1n) is 12.9. The van der Waals surface area contributed by atoms with Crippen molar-refractivity contribution in [1.82, 2.24) is 5.32 Å². The number of hydrogen-bond acceptors (Lipinski definition) is 5. The van der Waals surface area contributed by atoms with E-state index >= 15 is 0 Å². The lowest BCUT2D eigenvalue weighted by molar-refractivity contribution is -0.205. The third-order valence-electron chi connectivity index (χ3n) is 7.93. The summed E-state index contributed by atoms with van der Waals surface area (Å²) in [5, 5.41) is 34.3. The summed E-state index contributed by atoms with van der Waals surface area (Å²) >= 11 is 0. The molecule has 0 aromatic heterocycles. The van der Waals surface area contributed by atoms with Crippen molar-refractivity contribution in [3.8, 4) is 5.75 Å². The van der Waals surface area contributed by atoms with Crippen LogP contribution >= 0.6 is 0 Å². The van der Waals surface area contributed by atoms with Crippen molar-refractivity contribution in [3.05, 3.63) is 65.2 Å². The van der Waals surface area contributed by atoms with Crippen LogP contribution < -0.4 is 10.1 Å². The van der Waals surface area contributed by atoms with Crippen LogP contribution in [0.25, 0.3) is 0 Å². The summed E-state index contributed by atoms with van der Waals surface area (Å²) in [7, 11) is 0. The van der Waals surface area contributed by atoms with Gasteiger partial charge in [0.2, 0.25) is 0 Å². The number of aryl methyl sites for hydroxylation is 1. The maximum atomic E-state index is 11.8. The number of aliphatic hydroxyl groups is 3. The Kier molecular flexibility index (Phi) is 8.80. The van der Waals surface area contributed by atoms with Crippen molar-refractivity contribution in [1.29, 1.82) is 0 Å². The highest BCUT2D eigenvalue weighted by Crippen LogP contribution is 2.60. The number of hydrogen-bond donors (Lipinski definition) is 4. The van der Waals surface area contributed by atoms with Crippen LogP contribution in [0.3, 0.4) is 0 Å². The second-order valence-corrected chi connectivity index (χ2v) is 9.96. The lowest BCUT2D eigenvalue weighted by Crippen LogP contribution is -2.62. The third kappa shape index (κ3) is 5.03. The molecule has 0 amide bonds. The first kappa shape index (κ1) is 26.7. The number of benzene rings is 2. The highest BCUT2D eigenvalue weighted by Gasteiger charge is 2.60. The molecular weight excluding hydrogens is 426 g/mol. The molecule has 34 heavy (non-hydrogen) atoms. The number of likely N-dealkylation sites (N-methyl/N-ethyl adjacent to an activating group) is 1. The SMILES string of the molecule is CCNCCOc1ccc2c(c1)CCC1CC(O)(c3ccccc3)[C@](C)(O)CC21CC.CCO. The molecule has 0 saturated heterocycles. The lowest BCUT2D eigenvalue weighted by atomic mass is 9.49. The first-order chi connectivity index (χ1) is 16.3. The van der Waals surface area contributed by atoms with Crippen molar-refractivity contribution in [2.75, 3.05) is 26.3 Å². The van der Waals surface area contributed by atoms with Crippen LogP contribution in [0.4, 0.5) is 0 Å². The van der Waals surface area contributed by atoms with Crippen LogP contribution in [0.15, 0.2) is 48.5 Å². The van der Waals surface area contributed by atoms with Gasteiger partial charge in [0.05, 0.1) is 5.60 Å². The fourth-order valence-electron chi connectivity index (χ4n) is 6.22. The van der Waals surface area contributed by atoms with E-state index in [-0.39, 0.29) is 12.0 Å². The molecule has 4 N–H and O–H groups in total. The molecule has 4 atom stereocenters. The average Bonchev–Trinajstić information content (AvgIpc) is 2.83. The van der Waals surface area contributed by atoms with Crippen LogP contribution in [-0.2, 0) is 17.4 Å². The summed E-state index contributed by atoms with van der Waals surface area (Å²) < 4.78 is 5.96. The van der Waals surface area contributed by atoms with Gasteiger partial charge in [-0.3, -0.25) is 0 Å². The molecule has 2 aliphatic rings. The molecule has 0 heterocycles. The van der Waals surface area contributed by atoms with Crippen LogP contribution in [0, 0.1) is 5.92 Å². The minimum atomic E-state index is -1.23. The van der Waals surface area contributed by atoms with Gasteiger partial charge in [-0.1, -0.05) is 50.2 Å². The van der Waals surface area contributed by atoms with Crippen LogP contribution in [0.2, 0.25) is 0 Å². The Morgan fingerprint density at radius 3 is 2.41 bits per heavy atom. The van der Waals surface area contributed by atoms with E-state index in [0.717, 1.165) is 43.7 Å². The van der Waals surface area contributed by atoms with Gasteiger partial charge >= 0.3 is 0 Å². The first-order valence-corrected chi connectivity index (χ1v) is 12.9. The van der Waals surface area contributed by atoms with Gasteiger partial charge < -0.3 is 25.4 Å². The Morgan fingerprint density at radius 2 is 1.76 bits per heavy atom. The molecule has 3 unspecified atom stereocenters. The number of rotatable bonds is 7. The second kappa shape index (κ2) is 11.2. The number of nitrogens with one attached hydrogen (secondary N) is 1. The van der Waals surface area contributed by atoms with Crippen LogP contribution in [0.1, 0.15) is 70.1 Å². The van der Waals surface area contributed by atoms with Crippen molar-refractivity contribution in [3.63, 3.8) is 0 Å². The van der Waals surface area contributed by atoms with E-state index in [9.17, 15) is 10.2 Å². The maximum absolute atomic E-state index is 11.8.